The molecule has 8 heteroatoms. The van der Waals surface area contributed by atoms with Gasteiger partial charge < -0.3 is 25.8 Å². The lowest BCUT2D eigenvalue weighted by atomic mass is 10.1. The van der Waals surface area contributed by atoms with Gasteiger partial charge >= 0.3 is 0 Å². The van der Waals surface area contributed by atoms with Crippen molar-refractivity contribution in [3.05, 3.63) is 29.8 Å². The van der Waals surface area contributed by atoms with Crippen LogP contribution in [0, 0.1) is 5.92 Å². The Balaban J connectivity index is 1.91. The molecule has 1 aliphatic heterocycles. The first-order chi connectivity index (χ1) is 14.8. The molecule has 0 aromatic heterocycles. The van der Waals surface area contributed by atoms with E-state index in [0.29, 0.717) is 51.1 Å². The highest BCUT2D eigenvalue weighted by Gasteiger charge is 2.25. The summed E-state index contributed by atoms with van der Waals surface area (Å²) in [4.78, 5) is 18.9. The molecule has 1 aromatic rings. The van der Waals surface area contributed by atoms with E-state index in [1.54, 1.807) is 0 Å². The van der Waals surface area contributed by atoms with E-state index in [1.807, 2.05) is 52.0 Å². The number of benzene rings is 1. The van der Waals surface area contributed by atoms with E-state index in [2.05, 4.69) is 25.8 Å². The van der Waals surface area contributed by atoms with Crippen LogP contribution in [0.25, 0.3) is 0 Å². The van der Waals surface area contributed by atoms with Crippen molar-refractivity contribution in [2.24, 2.45) is 10.9 Å². The first kappa shape index (κ1) is 25.1. The fourth-order valence-corrected chi connectivity index (χ4v) is 3.41. The van der Waals surface area contributed by atoms with Crippen LogP contribution < -0.4 is 16.0 Å². The standard InChI is InChI=1S/C23H39N5O3/c1-5-24-22(26-16-23(4,30)17-28-9-11-31-12-10-28)25-15-19-7-6-8-20(14-19)27-21(29)13-18(2)3/h6-8,14,18,30H,5,9-13,15-17H2,1-4H3,(H,27,29)(H2,24,25,26). The predicted octanol–water partition coefficient (Wildman–Crippen LogP) is 1.81. The van der Waals surface area contributed by atoms with Gasteiger partial charge in [-0.2, -0.15) is 0 Å². The van der Waals surface area contributed by atoms with Crippen LogP contribution in [0.1, 0.15) is 39.7 Å². The predicted molar refractivity (Wildman–Crippen MR) is 125 cm³/mol. The number of rotatable bonds is 10. The van der Waals surface area contributed by atoms with Gasteiger partial charge in [-0.1, -0.05) is 26.0 Å². The number of hydrogen-bond donors (Lipinski definition) is 4. The minimum atomic E-state index is -0.881. The minimum absolute atomic E-state index is 0.0214. The summed E-state index contributed by atoms with van der Waals surface area (Å²) in [7, 11) is 0. The van der Waals surface area contributed by atoms with E-state index in [0.717, 1.165) is 30.9 Å². The molecule has 2 rings (SSSR count). The molecule has 1 unspecified atom stereocenters. The summed E-state index contributed by atoms with van der Waals surface area (Å²) in [5, 5.41) is 20.2. The molecule has 174 valence electrons. The van der Waals surface area contributed by atoms with Crippen molar-refractivity contribution in [1.29, 1.82) is 0 Å². The summed E-state index contributed by atoms with van der Waals surface area (Å²) in [6, 6.07) is 7.74. The third-order valence-electron chi connectivity index (χ3n) is 4.87. The summed E-state index contributed by atoms with van der Waals surface area (Å²) < 4.78 is 5.37. The van der Waals surface area contributed by atoms with Gasteiger partial charge in [0.05, 0.1) is 25.4 Å². The first-order valence-electron chi connectivity index (χ1n) is 11.2. The highest BCUT2D eigenvalue weighted by atomic mass is 16.5. The Bertz CT molecular complexity index is 715. The summed E-state index contributed by atoms with van der Waals surface area (Å²) in [6.45, 7) is 13.2. The number of morpholine rings is 1. The van der Waals surface area contributed by atoms with E-state index >= 15 is 0 Å². The van der Waals surface area contributed by atoms with Gasteiger partial charge in [0.2, 0.25) is 5.91 Å². The number of amides is 1. The maximum Gasteiger partial charge on any atom is 0.224 e. The molecule has 1 atom stereocenters. The number of aliphatic hydroxyl groups is 1. The normalized spacial score (nSPS) is 17.3. The molecule has 0 spiro atoms. The van der Waals surface area contributed by atoms with Crippen LogP contribution in [0.15, 0.2) is 29.3 Å². The maximum absolute atomic E-state index is 12.0. The lowest BCUT2D eigenvalue weighted by molar-refractivity contribution is -0.116. The van der Waals surface area contributed by atoms with E-state index in [9.17, 15) is 9.90 Å². The molecule has 0 radical (unpaired) electrons. The van der Waals surface area contributed by atoms with Crippen molar-refractivity contribution in [3.63, 3.8) is 0 Å². The fourth-order valence-electron chi connectivity index (χ4n) is 3.41. The summed E-state index contributed by atoms with van der Waals surface area (Å²) in [6.07, 6.45) is 0.501. The SMILES string of the molecule is CCNC(=NCc1cccc(NC(=O)CC(C)C)c1)NCC(C)(O)CN1CCOCC1. The molecule has 1 aromatic carbocycles. The van der Waals surface area contributed by atoms with Crippen molar-refractivity contribution >= 4 is 17.6 Å². The Morgan fingerprint density at radius 3 is 2.71 bits per heavy atom. The Kier molecular flexibility index (Phi) is 10.2. The molecule has 0 saturated carbocycles. The molecular formula is C23H39N5O3. The lowest BCUT2D eigenvalue weighted by Gasteiger charge is -2.34. The van der Waals surface area contributed by atoms with Crippen molar-refractivity contribution in [3.8, 4) is 0 Å². The van der Waals surface area contributed by atoms with Crippen molar-refractivity contribution < 1.29 is 14.6 Å². The van der Waals surface area contributed by atoms with Gasteiger partial charge in [-0.3, -0.25) is 9.69 Å². The van der Waals surface area contributed by atoms with Crippen LogP contribution in [-0.4, -0.2) is 73.4 Å². The molecule has 0 aliphatic carbocycles. The topological polar surface area (TPSA) is 98.2 Å². The number of β-amino-alcohol motifs (C(OH)–C–C–N with tert-alkyl or cyclic N) is 1. The first-order valence-corrected chi connectivity index (χ1v) is 11.2. The highest BCUT2D eigenvalue weighted by molar-refractivity contribution is 5.90. The minimum Gasteiger partial charge on any atom is -0.387 e. The second kappa shape index (κ2) is 12.6. The number of hydrogen-bond acceptors (Lipinski definition) is 5. The second-order valence-electron chi connectivity index (χ2n) is 8.78. The fraction of sp³-hybridized carbons (Fsp3) is 0.652. The van der Waals surface area contributed by atoms with Gasteiger partial charge in [0.15, 0.2) is 5.96 Å². The zero-order valence-electron chi connectivity index (χ0n) is 19.4. The van der Waals surface area contributed by atoms with E-state index in [4.69, 9.17) is 4.74 Å². The average molecular weight is 434 g/mol. The number of ether oxygens (including phenoxy) is 1. The van der Waals surface area contributed by atoms with Gasteiger partial charge in [-0.15, -0.1) is 0 Å². The van der Waals surface area contributed by atoms with Crippen molar-refractivity contribution in [1.82, 2.24) is 15.5 Å². The van der Waals surface area contributed by atoms with Crippen LogP contribution >= 0.6 is 0 Å². The van der Waals surface area contributed by atoms with Crippen LogP contribution in [0.4, 0.5) is 5.69 Å². The van der Waals surface area contributed by atoms with Crippen LogP contribution in [0.3, 0.4) is 0 Å². The van der Waals surface area contributed by atoms with Gasteiger partial charge in [-0.05, 0) is 37.5 Å². The maximum atomic E-state index is 12.0. The molecule has 8 nitrogen and oxygen atoms in total. The van der Waals surface area contributed by atoms with E-state index in [-0.39, 0.29) is 5.91 Å². The van der Waals surface area contributed by atoms with Crippen molar-refractivity contribution in [2.45, 2.75) is 46.3 Å². The molecule has 1 amide bonds. The second-order valence-corrected chi connectivity index (χ2v) is 8.78. The Hall–Kier alpha value is -2.16. The number of aliphatic imine (C=N–C) groups is 1. The molecule has 1 heterocycles. The molecule has 0 bridgehead atoms. The zero-order valence-corrected chi connectivity index (χ0v) is 19.4. The number of anilines is 1. The van der Waals surface area contributed by atoms with Gasteiger partial charge in [0, 0.05) is 44.8 Å². The van der Waals surface area contributed by atoms with Gasteiger partial charge in [0.25, 0.3) is 0 Å². The van der Waals surface area contributed by atoms with Crippen LogP contribution in [0.5, 0.6) is 0 Å². The Labute approximate surface area is 186 Å². The van der Waals surface area contributed by atoms with Crippen molar-refractivity contribution in [2.75, 3.05) is 51.3 Å². The summed E-state index contributed by atoms with van der Waals surface area (Å²) >= 11 is 0. The summed E-state index contributed by atoms with van der Waals surface area (Å²) in [5.41, 5.74) is 0.901. The number of guanidine groups is 1. The summed E-state index contributed by atoms with van der Waals surface area (Å²) in [5.74, 6) is 0.995. The van der Waals surface area contributed by atoms with Crippen LogP contribution in [-0.2, 0) is 16.1 Å². The largest absolute Gasteiger partial charge is 0.387 e. The highest BCUT2D eigenvalue weighted by Crippen LogP contribution is 2.13. The molecule has 1 fully saturated rings. The molecule has 1 aliphatic rings. The third kappa shape index (κ3) is 10.1. The number of nitrogens with zero attached hydrogens (tertiary/aromatic N) is 2. The number of carbonyl (C=O) groups is 1. The van der Waals surface area contributed by atoms with E-state index in [1.165, 1.54) is 0 Å². The number of carbonyl (C=O) groups excluding carboxylic acids is 1. The molecule has 4 N–H and O–H groups in total. The van der Waals surface area contributed by atoms with Gasteiger partial charge in [-0.25, -0.2) is 4.99 Å². The van der Waals surface area contributed by atoms with Gasteiger partial charge in [0.1, 0.15) is 0 Å². The molecule has 1 saturated heterocycles. The molecular weight excluding hydrogens is 394 g/mol. The van der Waals surface area contributed by atoms with E-state index < -0.39 is 5.60 Å². The lowest BCUT2D eigenvalue weighted by Crippen LogP contribution is -2.52. The smallest absolute Gasteiger partial charge is 0.224 e. The average Bonchev–Trinajstić information content (AvgIpc) is 2.70. The number of nitrogens with one attached hydrogen (secondary N) is 3. The molecule has 31 heavy (non-hydrogen) atoms. The van der Waals surface area contributed by atoms with Crippen LogP contribution in [0.2, 0.25) is 0 Å². The quantitative estimate of drug-likeness (QED) is 0.332. The Morgan fingerprint density at radius 1 is 1.29 bits per heavy atom. The monoisotopic (exact) mass is 433 g/mol. The third-order valence-corrected chi connectivity index (χ3v) is 4.87. The Morgan fingerprint density at radius 2 is 2.03 bits per heavy atom. The zero-order chi connectivity index (χ0) is 22.7.